The van der Waals surface area contributed by atoms with Crippen LogP contribution in [0.4, 0.5) is 4.79 Å². The Morgan fingerprint density at radius 3 is 2.71 bits per heavy atom. The maximum absolute atomic E-state index is 12.1. The van der Waals surface area contributed by atoms with E-state index in [0.29, 0.717) is 6.54 Å². The van der Waals surface area contributed by atoms with Gasteiger partial charge in [-0.15, -0.1) is 11.8 Å². The van der Waals surface area contributed by atoms with E-state index in [0.717, 1.165) is 29.6 Å². The number of rotatable bonds is 6. The minimum Gasteiger partial charge on any atom is -0.444 e. The lowest BCUT2D eigenvalue weighted by Gasteiger charge is -2.29. The van der Waals surface area contributed by atoms with E-state index in [1.165, 1.54) is 10.5 Å². The SMILES string of the molecule is C=C/C=C(Br)\C(=C/CC)SCC1=CCN(C(=O)OC(C)(C)C)CC1. The maximum atomic E-state index is 12.1. The van der Waals surface area contributed by atoms with E-state index >= 15 is 0 Å². The zero-order valence-electron chi connectivity index (χ0n) is 15.1. The number of hydrogen-bond acceptors (Lipinski definition) is 3. The Kier molecular flexibility index (Phi) is 8.92. The Balaban J connectivity index is 2.57. The van der Waals surface area contributed by atoms with Crippen LogP contribution in [0.1, 0.15) is 40.5 Å². The van der Waals surface area contributed by atoms with Gasteiger partial charge in [-0.05, 0) is 55.6 Å². The van der Waals surface area contributed by atoms with Gasteiger partial charge < -0.3 is 9.64 Å². The Bertz CT molecular complexity index is 544. The molecule has 0 bridgehead atoms. The Morgan fingerprint density at radius 2 is 2.21 bits per heavy atom. The fourth-order valence-electron chi connectivity index (χ4n) is 2.10. The smallest absolute Gasteiger partial charge is 0.410 e. The largest absolute Gasteiger partial charge is 0.444 e. The maximum Gasteiger partial charge on any atom is 0.410 e. The summed E-state index contributed by atoms with van der Waals surface area (Å²) in [5.41, 5.74) is 0.932. The van der Waals surface area contributed by atoms with Crippen LogP contribution in [-0.2, 0) is 4.74 Å². The molecule has 24 heavy (non-hydrogen) atoms. The number of allylic oxidation sites excluding steroid dienone is 4. The van der Waals surface area contributed by atoms with E-state index in [1.807, 2.05) is 38.6 Å². The van der Waals surface area contributed by atoms with Crippen molar-refractivity contribution in [3.05, 3.63) is 45.8 Å². The molecule has 0 aromatic heterocycles. The summed E-state index contributed by atoms with van der Waals surface area (Å²) in [7, 11) is 0. The zero-order chi connectivity index (χ0) is 18.2. The molecule has 1 rings (SSSR count). The van der Waals surface area contributed by atoms with Crippen molar-refractivity contribution in [1.29, 1.82) is 0 Å². The average Bonchev–Trinajstić information content (AvgIpc) is 2.50. The highest BCUT2D eigenvalue weighted by Gasteiger charge is 2.23. The lowest BCUT2D eigenvalue weighted by Crippen LogP contribution is -2.39. The number of hydrogen-bond donors (Lipinski definition) is 0. The molecule has 1 aliphatic rings. The second-order valence-electron chi connectivity index (χ2n) is 6.55. The van der Waals surface area contributed by atoms with Gasteiger partial charge in [-0.1, -0.05) is 37.3 Å². The molecule has 0 saturated carbocycles. The molecule has 0 aliphatic carbocycles. The highest BCUT2D eigenvalue weighted by molar-refractivity contribution is 9.12. The highest BCUT2D eigenvalue weighted by atomic mass is 79.9. The van der Waals surface area contributed by atoms with Gasteiger partial charge in [0, 0.05) is 28.2 Å². The van der Waals surface area contributed by atoms with Crippen LogP contribution < -0.4 is 0 Å². The van der Waals surface area contributed by atoms with E-state index in [4.69, 9.17) is 4.74 Å². The first kappa shape index (κ1) is 21.1. The summed E-state index contributed by atoms with van der Waals surface area (Å²) in [6.07, 6.45) is 9.78. The van der Waals surface area contributed by atoms with Gasteiger partial charge in [0.25, 0.3) is 0 Å². The standard InChI is InChI=1S/C19H28BrNO2S/c1-6-8-16(20)17(9-7-2)24-14-15-10-12-21(13-11-15)18(22)23-19(3,4)5/h6,8-10H,1,7,11-14H2,2-5H3/b16-8+,17-9+. The van der Waals surface area contributed by atoms with E-state index in [-0.39, 0.29) is 6.09 Å². The molecule has 1 aliphatic heterocycles. The van der Waals surface area contributed by atoms with E-state index in [1.54, 1.807) is 11.0 Å². The molecule has 0 radical (unpaired) electrons. The number of nitrogens with zero attached hydrogens (tertiary/aromatic N) is 1. The Labute approximate surface area is 159 Å². The molecule has 0 saturated heterocycles. The number of carbonyl (C=O) groups excluding carboxylic acids is 1. The van der Waals surface area contributed by atoms with Crippen LogP contribution in [0, 0.1) is 0 Å². The monoisotopic (exact) mass is 413 g/mol. The Hall–Kier alpha value is -0.940. The lowest BCUT2D eigenvalue weighted by molar-refractivity contribution is 0.0266. The van der Waals surface area contributed by atoms with Crippen LogP contribution in [0.25, 0.3) is 0 Å². The summed E-state index contributed by atoms with van der Waals surface area (Å²) in [4.78, 5) is 15.1. The lowest BCUT2D eigenvalue weighted by atomic mass is 10.1. The van der Waals surface area contributed by atoms with Crippen LogP contribution in [0.5, 0.6) is 0 Å². The molecule has 0 unspecified atom stereocenters. The van der Waals surface area contributed by atoms with Crippen molar-refractivity contribution in [2.75, 3.05) is 18.8 Å². The van der Waals surface area contributed by atoms with Crippen LogP contribution in [-0.4, -0.2) is 35.4 Å². The Morgan fingerprint density at radius 1 is 1.50 bits per heavy atom. The van der Waals surface area contributed by atoms with Crippen molar-refractivity contribution < 1.29 is 9.53 Å². The van der Waals surface area contributed by atoms with Gasteiger partial charge in [0.15, 0.2) is 0 Å². The van der Waals surface area contributed by atoms with Gasteiger partial charge in [-0.2, -0.15) is 0 Å². The minimum absolute atomic E-state index is 0.228. The molecule has 0 aromatic rings. The molecular weight excluding hydrogens is 386 g/mol. The summed E-state index contributed by atoms with van der Waals surface area (Å²) >= 11 is 5.41. The number of halogens is 1. The first-order chi connectivity index (χ1) is 11.3. The van der Waals surface area contributed by atoms with Crippen LogP contribution in [0.3, 0.4) is 0 Å². The predicted molar refractivity (Wildman–Crippen MR) is 109 cm³/mol. The van der Waals surface area contributed by atoms with Gasteiger partial charge in [0.2, 0.25) is 0 Å². The summed E-state index contributed by atoms with van der Waals surface area (Å²) in [6.45, 7) is 12.9. The first-order valence-electron chi connectivity index (χ1n) is 8.24. The summed E-state index contributed by atoms with van der Waals surface area (Å²) < 4.78 is 6.49. The van der Waals surface area contributed by atoms with Crippen molar-refractivity contribution in [3.8, 4) is 0 Å². The first-order valence-corrected chi connectivity index (χ1v) is 10.0. The topological polar surface area (TPSA) is 29.5 Å². The number of amides is 1. The molecule has 0 spiro atoms. The van der Waals surface area contributed by atoms with E-state index < -0.39 is 5.60 Å². The van der Waals surface area contributed by atoms with Crippen LogP contribution in [0.2, 0.25) is 0 Å². The van der Waals surface area contributed by atoms with Gasteiger partial charge in [0.05, 0.1) is 0 Å². The van der Waals surface area contributed by atoms with Gasteiger partial charge in [-0.25, -0.2) is 4.79 Å². The average molecular weight is 414 g/mol. The molecule has 134 valence electrons. The number of thioether (sulfide) groups is 1. The zero-order valence-corrected chi connectivity index (χ0v) is 17.5. The molecule has 0 fully saturated rings. The van der Waals surface area contributed by atoms with Gasteiger partial charge in [0.1, 0.15) is 5.60 Å². The van der Waals surface area contributed by atoms with E-state index in [9.17, 15) is 4.79 Å². The number of ether oxygens (including phenoxy) is 1. The molecule has 3 nitrogen and oxygen atoms in total. The highest BCUT2D eigenvalue weighted by Crippen LogP contribution is 2.31. The van der Waals surface area contributed by atoms with Crippen molar-refractivity contribution in [3.63, 3.8) is 0 Å². The molecular formula is C19H28BrNO2S. The second kappa shape index (κ2) is 10.1. The molecule has 5 heteroatoms. The second-order valence-corrected chi connectivity index (χ2v) is 8.43. The molecule has 1 heterocycles. The van der Waals surface area contributed by atoms with Crippen molar-refractivity contribution in [2.45, 2.75) is 46.1 Å². The third-order valence-electron chi connectivity index (χ3n) is 3.26. The summed E-state index contributed by atoms with van der Waals surface area (Å²) in [6, 6.07) is 0. The molecule has 0 aromatic carbocycles. The van der Waals surface area contributed by atoms with Crippen LogP contribution in [0.15, 0.2) is 45.8 Å². The van der Waals surface area contributed by atoms with Crippen molar-refractivity contribution in [2.24, 2.45) is 0 Å². The predicted octanol–water partition coefficient (Wildman–Crippen LogP) is 6.05. The minimum atomic E-state index is -0.444. The van der Waals surface area contributed by atoms with Crippen molar-refractivity contribution in [1.82, 2.24) is 4.90 Å². The third-order valence-corrected chi connectivity index (χ3v) is 5.42. The summed E-state index contributed by atoms with van der Waals surface area (Å²) in [5, 5.41) is 0. The van der Waals surface area contributed by atoms with Gasteiger partial charge in [-0.3, -0.25) is 0 Å². The fraction of sp³-hybridized carbons (Fsp3) is 0.526. The summed E-state index contributed by atoms with van der Waals surface area (Å²) in [5.74, 6) is 0.939. The molecule has 0 N–H and O–H groups in total. The number of carbonyl (C=O) groups is 1. The molecule has 0 atom stereocenters. The van der Waals surface area contributed by atoms with Gasteiger partial charge >= 0.3 is 6.09 Å². The fourth-order valence-corrected chi connectivity index (χ4v) is 3.89. The van der Waals surface area contributed by atoms with Crippen molar-refractivity contribution >= 4 is 33.8 Å². The third kappa shape index (κ3) is 7.75. The van der Waals surface area contributed by atoms with Crippen LogP contribution >= 0.6 is 27.7 Å². The normalized spacial score (nSPS) is 16.7. The van der Waals surface area contributed by atoms with E-state index in [2.05, 4.69) is 41.6 Å². The molecule has 1 amide bonds. The quantitative estimate of drug-likeness (QED) is 0.392.